The van der Waals surface area contributed by atoms with E-state index in [0.29, 0.717) is 12.6 Å². The van der Waals surface area contributed by atoms with E-state index in [-0.39, 0.29) is 12.4 Å². The fraction of sp³-hybridized carbons (Fsp3) is 0.533. The molecule has 1 aliphatic carbocycles. The van der Waals surface area contributed by atoms with Crippen molar-refractivity contribution in [3.63, 3.8) is 0 Å². The van der Waals surface area contributed by atoms with Gasteiger partial charge in [-0.1, -0.05) is 18.6 Å². The molecule has 1 fully saturated rings. The summed E-state index contributed by atoms with van der Waals surface area (Å²) in [5.74, 6) is 0.182. The van der Waals surface area contributed by atoms with Crippen molar-refractivity contribution in [1.82, 2.24) is 4.90 Å². The van der Waals surface area contributed by atoms with Gasteiger partial charge in [0.2, 0.25) is 0 Å². The minimum absolute atomic E-state index is 0.182. The molecule has 104 valence electrons. The summed E-state index contributed by atoms with van der Waals surface area (Å²) in [5.41, 5.74) is 0.786. The van der Waals surface area contributed by atoms with E-state index in [2.05, 4.69) is 27.5 Å². The SMILES string of the molecule is O=C(CN(CCCO)C1CCC1)c1ccc(I)cc1. The van der Waals surface area contributed by atoms with Crippen molar-refractivity contribution >= 4 is 28.4 Å². The molecular formula is C15H20INO2. The van der Waals surface area contributed by atoms with E-state index in [1.807, 2.05) is 24.3 Å². The number of hydrogen-bond donors (Lipinski definition) is 1. The number of nitrogens with zero attached hydrogens (tertiary/aromatic N) is 1. The molecule has 0 atom stereocenters. The van der Waals surface area contributed by atoms with Gasteiger partial charge in [-0.25, -0.2) is 0 Å². The standard InChI is InChI=1S/C15H20INO2/c16-13-7-5-12(6-8-13)15(19)11-17(9-2-10-18)14-3-1-4-14/h5-8,14,18H,1-4,9-11H2. The summed E-state index contributed by atoms with van der Waals surface area (Å²) in [7, 11) is 0. The van der Waals surface area contributed by atoms with Gasteiger partial charge in [-0.2, -0.15) is 0 Å². The van der Waals surface area contributed by atoms with Gasteiger partial charge in [0.05, 0.1) is 6.54 Å². The molecule has 0 spiro atoms. The maximum absolute atomic E-state index is 12.3. The summed E-state index contributed by atoms with van der Waals surface area (Å²) in [4.78, 5) is 14.5. The molecule has 0 unspecified atom stereocenters. The fourth-order valence-electron chi connectivity index (χ4n) is 2.33. The Bertz CT molecular complexity index is 415. The molecule has 0 amide bonds. The second-order valence-electron chi connectivity index (χ2n) is 5.06. The highest BCUT2D eigenvalue weighted by Gasteiger charge is 2.26. The zero-order chi connectivity index (χ0) is 13.7. The highest BCUT2D eigenvalue weighted by atomic mass is 127. The van der Waals surface area contributed by atoms with Gasteiger partial charge in [-0.05, 0) is 54.0 Å². The summed E-state index contributed by atoms with van der Waals surface area (Å²) < 4.78 is 1.14. The smallest absolute Gasteiger partial charge is 0.176 e. The Balaban J connectivity index is 1.95. The van der Waals surface area contributed by atoms with Crippen LogP contribution in [0.4, 0.5) is 0 Å². The monoisotopic (exact) mass is 373 g/mol. The highest BCUT2D eigenvalue weighted by Crippen LogP contribution is 2.25. The van der Waals surface area contributed by atoms with Crippen molar-refractivity contribution in [2.24, 2.45) is 0 Å². The van der Waals surface area contributed by atoms with Crippen LogP contribution in [0.25, 0.3) is 0 Å². The second-order valence-corrected chi connectivity index (χ2v) is 6.31. The zero-order valence-corrected chi connectivity index (χ0v) is 13.2. The maximum atomic E-state index is 12.3. The number of carbonyl (C=O) groups is 1. The van der Waals surface area contributed by atoms with Crippen LogP contribution in [0.15, 0.2) is 24.3 Å². The van der Waals surface area contributed by atoms with Crippen molar-refractivity contribution < 1.29 is 9.90 Å². The van der Waals surface area contributed by atoms with Crippen LogP contribution in [-0.4, -0.2) is 41.5 Å². The lowest BCUT2D eigenvalue weighted by Crippen LogP contribution is -2.43. The molecule has 2 rings (SSSR count). The van der Waals surface area contributed by atoms with Crippen LogP contribution < -0.4 is 0 Å². The first-order valence-electron chi connectivity index (χ1n) is 6.84. The van der Waals surface area contributed by atoms with Gasteiger partial charge in [0.25, 0.3) is 0 Å². The lowest BCUT2D eigenvalue weighted by atomic mass is 9.91. The Labute approximate surface area is 128 Å². The van der Waals surface area contributed by atoms with Gasteiger partial charge >= 0.3 is 0 Å². The lowest BCUT2D eigenvalue weighted by molar-refractivity contribution is 0.0788. The third-order valence-electron chi connectivity index (χ3n) is 3.71. The molecule has 4 heteroatoms. The number of aliphatic hydroxyl groups is 1. The number of Topliss-reactive ketones (excluding diaryl/α,β-unsaturated/α-hetero) is 1. The van der Waals surface area contributed by atoms with Crippen molar-refractivity contribution in [2.75, 3.05) is 19.7 Å². The summed E-state index contributed by atoms with van der Waals surface area (Å²) in [6.45, 7) is 1.49. The Morgan fingerprint density at radius 2 is 2.00 bits per heavy atom. The van der Waals surface area contributed by atoms with E-state index in [1.54, 1.807) is 0 Å². The molecule has 0 radical (unpaired) electrons. The van der Waals surface area contributed by atoms with Gasteiger partial charge in [-0.15, -0.1) is 0 Å². The van der Waals surface area contributed by atoms with Gasteiger partial charge in [0.15, 0.2) is 5.78 Å². The van der Waals surface area contributed by atoms with Crippen LogP contribution >= 0.6 is 22.6 Å². The predicted molar refractivity (Wildman–Crippen MR) is 84.4 cm³/mol. The summed E-state index contributed by atoms with van der Waals surface area (Å²) in [6.07, 6.45) is 4.38. The maximum Gasteiger partial charge on any atom is 0.176 e. The average molecular weight is 373 g/mol. The molecule has 0 bridgehead atoms. The molecule has 1 aliphatic rings. The van der Waals surface area contributed by atoms with E-state index in [9.17, 15) is 4.79 Å². The molecule has 1 saturated carbocycles. The third-order valence-corrected chi connectivity index (χ3v) is 4.43. The first-order chi connectivity index (χ1) is 9.20. The second kappa shape index (κ2) is 7.36. The van der Waals surface area contributed by atoms with Crippen molar-refractivity contribution in [1.29, 1.82) is 0 Å². The third kappa shape index (κ3) is 4.26. The molecule has 3 nitrogen and oxygen atoms in total. The van der Waals surface area contributed by atoms with Crippen LogP contribution in [0.5, 0.6) is 0 Å². The number of halogens is 1. The normalized spacial score (nSPS) is 15.5. The van der Waals surface area contributed by atoms with Crippen LogP contribution in [0.2, 0.25) is 0 Å². The highest BCUT2D eigenvalue weighted by molar-refractivity contribution is 14.1. The molecule has 1 aromatic rings. The van der Waals surface area contributed by atoms with Gasteiger partial charge < -0.3 is 5.11 Å². The van der Waals surface area contributed by atoms with Crippen LogP contribution in [0.3, 0.4) is 0 Å². The molecule has 1 N–H and O–H groups in total. The van der Waals surface area contributed by atoms with E-state index >= 15 is 0 Å². The lowest BCUT2D eigenvalue weighted by Gasteiger charge is -2.37. The molecule has 0 heterocycles. The number of carbonyl (C=O) groups excluding carboxylic acids is 1. The predicted octanol–water partition coefficient (Wildman–Crippen LogP) is 2.71. The van der Waals surface area contributed by atoms with E-state index in [4.69, 9.17) is 5.11 Å². The van der Waals surface area contributed by atoms with Crippen LogP contribution in [0, 0.1) is 3.57 Å². The number of aliphatic hydroxyl groups excluding tert-OH is 1. The minimum Gasteiger partial charge on any atom is -0.396 e. The van der Waals surface area contributed by atoms with Crippen molar-refractivity contribution in [3.05, 3.63) is 33.4 Å². The van der Waals surface area contributed by atoms with Gasteiger partial charge in [0, 0.05) is 28.3 Å². The molecule has 0 aromatic heterocycles. The number of ketones is 1. The first-order valence-corrected chi connectivity index (χ1v) is 7.92. The topological polar surface area (TPSA) is 40.5 Å². The van der Waals surface area contributed by atoms with E-state index < -0.39 is 0 Å². The molecule has 0 aliphatic heterocycles. The molecule has 1 aromatic carbocycles. The Hall–Kier alpha value is -0.460. The largest absolute Gasteiger partial charge is 0.396 e. The zero-order valence-electron chi connectivity index (χ0n) is 11.0. The fourth-order valence-corrected chi connectivity index (χ4v) is 2.69. The van der Waals surface area contributed by atoms with Crippen molar-refractivity contribution in [3.8, 4) is 0 Å². The summed E-state index contributed by atoms with van der Waals surface area (Å²) in [6, 6.07) is 8.27. The van der Waals surface area contributed by atoms with Crippen LogP contribution in [-0.2, 0) is 0 Å². The molecular weight excluding hydrogens is 353 g/mol. The quantitative estimate of drug-likeness (QED) is 0.590. The first kappa shape index (κ1) is 14.9. The van der Waals surface area contributed by atoms with Crippen molar-refractivity contribution in [2.45, 2.75) is 31.7 Å². The van der Waals surface area contributed by atoms with Crippen LogP contribution in [0.1, 0.15) is 36.0 Å². The molecule has 19 heavy (non-hydrogen) atoms. The average Bonchev–Trinajstić information content (AvgIpc) is 2.34. The van der Waals surface area contributed by atoms with E-state index in [0.717, 1.165) is 22.1 Å². The summed E-state index contributed by atoms with van der Waals surface area (Å²) in [5, 5.41) is 8.96. The Morgan fingerprint density at radius 1 is 1.32 bits per heavy atom. The Kier molecular flexibility index (Phi) is 5.78. The van der Waals surface area contributed by atoms with Gasteiger partial charge in [-0.3, -0.25) is 9.69 Å². The number of rotatable bonds is 7. The number of hydrogen-bond acceptors (Lipinski definition) is 3. The Morgan fingerprint density at radius 3 is 2.53 bits per heavy atom. The van der Waals surface area contributed by atoms with Gasteiger partial charge in [0.1, 0.15) is 0 Å². The number of benzene rings is 1. The minimum atomic E-state index is 0.182. The molecule has 0 saturated heterocycles. The van der Waals surface area contributed by atoms with E-state index in [1.165, 1.54) is 19.3 Å². The summed E-state index contributed by atoms with van der Waals surface area (Å²) >= 11 is 2.24.